The SMILES string of the molecule is COCCN(Cc1nc2ccccc2c(=O)[nH]1)C(=O)C1CC(c2ccc(C)cc2)NN1. The lowest BCUT2D eigenvalue weighted by molar-refractivity contribution is -0.134. The van der Waals surface area contributed by atoms with Crippen LogP contribution < -0.4 is 16.4 Å². The summed E-state index contributed by atoms with van der Waals surface area (Å²) in [7, 11) is 1.60. The van der Waals surface area contributed by atoms with Crippen molar-refractivity contribution in [2.45, 2.75) is 32.0 Å². The van der Waals surface area contributed by atoms with Gasteiger partial charge in [-0.2, -0.15) is 0 Å². The molecule has 0 bridgehead atoms. The summed E-state index contributed by atoms with van der Waals surface area (Å²) in [5.74, 6) is 0.393. The van der Waals surface area contributed by atoms with Gasteiger partial charge in [-0.05, 0) is 31.0 Å². The molecular formula is C23H27N5O3. The molecule has 31 heavy (non-hydrogen) atoms. The van der Waals surface area contributed by atoms with Gasteiger partial charge in [0.05, 0.1) is 24.1 Å². The average Bonchev–Trinajstić information content (AvgIpc) is 3.27. The van der Waals surface area contributed by atoms with Gasteiger partial charge in [0.2, 0.25) is 5.91 Å². The number of hydrazine groups is 1. The maximum Gasteiger partial charge on any atom is 0.258 e. The highest BCUT2D eigenvalue weighted by Crippen LogP contribution is 2.23. The predicted molar refractivity (Wildman–Crippen MR) is 118 cm³/mol. The van der Waals surface area contributed by atoms with Crippen LogP contribution in [-0.4, -0.2) is 47.1 Å². The number of benzene rings is 2. The molecule has 8 nitrogen and oxygen atoms in total. The van der Waals surface area contributed by atoms with Crippen LogP contribution in [0, 0.1) is 6.92 Å². The standard InChI is InChI=1S/C23H27N5O3/c1-15-7-9-16(10-8-15)19-13-20(27-26-19)23(30)28(11-12-31-2)14-21-24-18-6-4-3-5-17(18)22(29)25-21/h3-10,19-20,26-27H,11-14H2,1-2H3,(H,24,25,29). The van der Waals surface area contributed by atoms with Crippen LogP contribution in [0.2, 0.25) is 0 Å². The lowest BCUT2D eigenvalue weighted by Crippen LogP contribution is -2.46. The molecule has 1 aromatic heterocycles. The van der Waals surface area contributed by atoms with Crippen molar-refractivity contribution in [3.05, 3.63) is 75.8 Å². The summed E-state index contributed by atoms with van der Waals surface area (Å²) in [6.45, 7) is 3.05. The molecule has 4 rings (SSSR count). The number of fused-ring (bicyclic) bond motifs is 1. The Bertz CT molecular complexity index is 1110. The van der Waals surface area contributed by atoms with E-state index in [1.54, 1.807) is 30.2 Å². The molecule has 1 saturated heterocycles. The molecule has 2 heterocycles. The number of hydrogen-bond donors (Lipinski definition) is 3. The smallest absolute Gasteiger partial charge is 0.258 e. The van der Waals surface area contributed by atoms with Gasteiger partial charge in [0.25, 0.3) is 5.56 Å². The number of aryl methyl sites for hydroxylation is 1. The van der Waals surface area contributed by atoms with Gasteiger partial charge in [0.1, 0.15) is 11.9 Å². The van der Waals surface area contributed by atoms with Gasteiger partial charge < -0.3 is 14.6 Å². The second-order valence-electron chi connectivity index (χ2n) is 7.82. The van der Waals surface area contributed by atoms with Crippen molar-refractivity contribution in [1.29, 1.82) is 0 Å². The summed E-state index contributed by atoms with van der Waals surface area (Å²) in [5, 5.41) is 0.531. The minimum absolute atomic E-state index is 0.0532. The van der Waals surface area contributed by atoms with Crippen LogP contribution in [0.5, 0.6) is 0 Å². The molecule has 2 unspecified atom stereocenters. The number of hydrogen-bond acceptors (Lipinski definition) is 6. The van der Waals surface area contributed by atoms with Crippen LogP contribution in [0.15, 0.2) is 53.3 Å². The molecule has 2 aromatic carbocycles. The maximum atomic E-state index is 13.3. The van der Waals surface area contributed by atoms with Gasteiger partial charge in [0, 0.05) is 19.7 Å². The Balaban J connectivity index is 1.50. The van der Waals surface area contributed by atoms with Gasteiger partial charge in [0.15, 0.2) is 0 Å². The van der Waals surface area contributed by atoms with E-state index in [1.165, 1.54) is 5.56 Å². The van der Waals surface area contributed by atoms with Gasteiger partial charge in [-0.15, -0.1) is 0 Å². The molecule has 0 radical (unpaired) electrons. The molecule has 162 valence electrons. The molecule has 0 spiro atoms. The average molecular weight is 422 g/mol. The summed E-state index contributed by atoms with van der Waals surface area (Å²) in [6.07, 6.45) is 0.632. The summed E-state index contributed by atoms with van der Waals surface area (Å²) in [4.78, 5) is 34.7. The number of nitrogens with one attached hydrogen (secondary N) is 3. The van der Waals surface area contributed by atoms with E-state index in [0.29, 0.717) is 36.3 Å². The van der Waals surface area contributed by atoms with Crippen molar-refractivity contribution in [1.82, 2.24) is 25.7 Å². The van der Waals surface area contributed by atoms with Crippen molar-refractivity contribution in [2.24, 2.45) is 0 Å². The normalized spacial score (nSPS) is 18.4. The number of aromatic amines is 1. The molecule has 0 saturated carbocycles. The molecule has 1 fully saturated rings. The Morgan fingerprint density at radius 3 is 2.71 bits per heavy atom. The Labute approximate surface area is 180 Å². The fourth-order valence-electron chi connectivity index (χ4n) is 3.82. The zero-order valence-electron chi connectivity index (χ0n) is 17.7. The van der Waals surface area contributed by atoms with Crippen LogP contribution in [0.3, 0.4) is 0 Å². The first-order valence-corrected chi connectivity index (χ1v) is 10.4. The van der Waals surface area contributed by atoms with E-state index >= 15 is 0 Å². The first kappa shape index (κ1) is 21.2. The van der Waals surface area contributed by atoms with Gasteiger partial charge >= 0.3 is 0 Å². The Morgan fingerprint density at radius 2 is 1.94 bits per heavy atom. The molecule has 2 atom stereocenters. The topological polar surface area (TPSA) is 99.3 Å². The number of H-pyrrole nitrogens is 1. The van der Waals surface area contributed by atoms with Gasteiger partial charge in [-0.1, -0.05) is 42.0 Å². The van der Waals surface area contributed by atoms with Crippen molar-refractivity contribution in [3.63, 3.8) is 0 Å². The molecule has 1 aliphatic heterocycles. The van der Waals surface area contributed by atoms with E-state index < -0.39 is 0 Å². The zero-order chi connectivity index (χ0) is 21.8. The van der Waals surface area contributed by atoms with Crippen LogP contribution in [0.1, 0.15) is 29.4 Å². The first-order chi connectivity index (χ1) is 15.0. The fraction of sp³-hybridized carbons (Fsp3) is 0.348. The molecule has 1 aliphatic rings. The van der Waals surface area contributed by atoms with Crippen LogP contribution in [-0.2, 0) is 16.1 Å². The Kier molecular flexibility index (Phi) is 6.41. The van der Waals surface area contributed by atoms with E-state index in [4.69, 9.17) is 4.74 Å². The quantitative estimate of drug-likeness (QED) is 0.538. The highest BCUT2D eigenvalue weighted by atomic mass is 16.5. The van der Waals surface area contributed by atoms with Crippen molar-refractivity contribution >= 4 is 16.8 Å². The zero-order valence-corrected chi connectivity index (χ0v) is 17.7. The minimum Gasteiger partial charge on any atom is -0.383 e. The number of carbonyl (C=O) groups excluding carboxylic acids is 1. The third-order valence-corrected chi connectivity index (χ3v) is 5.56. The van der Waals surface area contributed by atoms with E-state index in [2.05, 4.69) is 52.0 Å². The molecular weight excluding hydrogens is 394 g/mol. The van der Waals surface area contributed by atoms with Gasteiger partial charge in [-0.3, -0.25) is 9.59 Å². The summed E-state index contributed by atoms with van der Waals surface area (Å²) < 4.78 is 5.20. The van der Waals surface area contributed by atoms with Crippen molar-refractivity contribution < 1.29 is 9.53 Å². The molecule has 1 amide bonds. The van der Waals surface area contributed by atoms with Crippen LogP contribution in [0.25, 0.3) is 10.9 Å². The monoisotopic (exact) mass is 421 g/mol. The van der Waals surface area contributed by atoms with Crippen molar-refractivity contribution in [3.8, 4) is 0 Å². The Hall–Kier alpha value is -3.07. The summed E-state index contributed by atoms with van der Waals surface area (Å²) in [5.41, 5.74) is 9.10. The number of nitrogens with zero attached hydrogens (tertiary/aromatic N) is 2. The summed E-state index contributed by atoms with van der Waals surface area (Å²) >= 11 is 0. The van der Waals surface area contributed by atoms with E-state index in [0.717, 1.165) is 5.56 Å². The molecule has 3 N–H and O–H groups in total. The lowest BCUT2D eigenvalue weighted by atomic mass is 10.0. The van der Waals surface area contributed by atoms with E-state index in [1.807, 2.05) is 6.07 Å². The third-order valence-electron chi connectivity index (χ3n) is 5.56. The fourth-order valence-corrected chi connectivity index (χ4v) is 3.82. The number of para-hydroxylation sites is 1. The number of amides is 1. The molecule has 8 heteroatoms. The number of carbonyl (C=O) groups is 1. The third kappa shape index (κ3) is 4.82. The van der Waals surface area contributed by atoms with Crippen LogP contribution in [0.4, 0.5) is 0 Å². The second-order valence-corrected chi connectivity index (χ2v) is 7.82. The number of rotatable bonds is 7. The predicted octanol–water partition coefficient (Wildman–Crippen LogP) is 1.81. The second kappa shape index (κ2) is 9.38. The lowest BCUT2D eigenvalue weighted by Gasteiger charge is -2.25. The number of ether oxygens (including phenoxy) is 1. The van der Waals surface area contributed by atoms with E-state index in [-0.39, 0.29) is 30.1 Å². The molecule has 0 aliphatic carbocycles. The first-order valence-electron chi connectivity index (χ1n) is 10.4. The van der Waals surface area contributed by atoms with Crippen LogP contribution >= 0.6 is 0 Å². The molecule has 3 aromatic rings. The van der Waals surface area contributed by atoms with Crippen molar-refractivity contribution in [2.75, 3.05) is 20.3 Å². The number of aromatic nitrogens is 2. The maximum absolute atomic E-state index is 13.3. The van der Waals surface area contributed by atoms with Gasteiger partial charge in [-0.25, -0.2) is 15.8 Å². The summed E-state index contributed by atoms with van der Waals surface area (Å²) in [6, 6.07) is 15.1. The largest absolute Gasteiger partial charge is 0.383 e. The highest BCUT2D eigenvalue weighted by molar-refractivity contribution is 5.82. The highest BCUT2D eigenvalue weighted by Gasteiger charge is 2.33. The van der Waals surface area contributed by atoms with E-state index in [9.17, 15) is 9.59 Å². The number of methoxy groups -OCH3 is 1. The minimum atomic E-state index is -0.379. The Morgan fingerprint density at radius 1 is 1.16 bits per heavy atom.